The molecule has 0 aromatic carbocycles. The van der Waals surface area contributed by atoms with E-state index in [1.54, 1.807) is 11.3 Å². The number of pyridine rings is 1. The Kier molecular flexibility index (Phi) is 2.79. The number of rotatable bonds is 2. The van der Waals surface area contributed by atoms with Crippen molar-refractivity contribution in [3.8, 4) is 0 Å². The van der Waals surface area contributed by atoms with E-state index in [4.69, 9.17) is 4.98 Å². The SMILES string of the molecule is CC(C)c1cc2sccc2nc1C(C)C. The molecule has 0 spiro atoms. The Bertz CT molecular complexity index is 426. The van der Waals surface area contributed by atoms with Gasteiger partial charge in [0.25, 0.3) is 0 Å². The number of hydrogen-bond donors (Lipinski definition) is 0. The zero-order chi connectivity index (χ0) is 11.0. The van der Waals surface area contributed by atoms with Gasteiger partial charge in [-0.25, -0.2) is 0 Å². The predicted octanol–water partition coefficient (Wildman–Crippen LogP) is 4.54. The number of fused-ring (bicyclic) bond motifs is 1. The van der Waals surface area contributed by atoms with Gasteiger partial charge < -0.3 is 0 Å². The average Bonchev–Trinajstić information content (AvgIpc) is 2.61. The van der Waals surface area contributed by atoms with Gasteiger partial charge >= 0.3 is 0 Å². The van der Waals surface area contributed by atoms with Crippen molar-refractivity contribution in [2.75, 3.05) is 0 Å². The van der Waals surface area contributed by atoms with Crippen LogP contribution in [0.15, 0.2) is 17.5 Å². The zero-order valence-corrected chi connectivity index (χ0v) is 10.6. The number of nitrogens with zero attached hydrogens (tertiary/aromatic N) is 1. The molecule has 0 N–H and O–H groups in total. The largest absolute Gasteiger partial charge is 0.251 e. The highest BCUT2D eigenvalue weighted by Gasteiger charge is 2.13. The fourth-order valence-corrected chi connectivity index (χ4v) is 2.62. The molecule has 0 radical (unpaired) electrons. The summed E-state index contributed by atoms with van der Waals surface area (Å²) in [6, 6.07) is 4.42. The summed E-state index contributed by atoms with van der Waals surface area (Å²) in [5.74, 6) is 1.06. The van der Waals surface area contributed by atoms with E-state index < -0.39 is 0 Å². The van der Waals surface area contributed by atoms with Crippen LogP contribution in [0.4, 0.5) is 0 Å². The Balaban J connectivity index is 2.68. The zero-order valence-electron chi connectivity index (χ0n) is 9.74. The second-order valence-corrected chi connectivity index (χ2v) is 5.52. The van der Waals surface area contributed by atoms with Crippen molar-refractivity contribution < 1.29 is 0 Å². The molecule has 0 saturated heterocycles. The summed E-state index contributed by atoms with van der Waals surface area (Å²) in [5.41, 5.74) is 3.81. The summed E-state index contributed by atoms with van der Waals surface area (Å²) >= 11 is 1.78. The maximum atomic E-state index is 4.77. The van der Waals surface area contributed by atoms with Gasteiger partial charge in [-0.3, -0.25) is 4.98 Å². The standard InChI is InChI=1S/C13H17NS/c1-8(2)10-7-12-11(5-6-15-12)14-13(10)9(3)4/h5-9H,1-4H3. The van der Waals surface area contributed by atoms with Gasteiger partial charge in [0.1, 0.15) is 0 Å². The third kappa shape index (κ3) is 1.91. The Morgan fingerprint density at radius 2 is 1.87 bits per heavy atom. The Hall–Kier alpha value is -0.890. The molecular formula is C13H17NS. The van der Waals surface area contributed by atoms with E-state index in [2.05, 4.69) is 45.2 Å². The molecule has 1 nitrogen and oxygen atoms in total. The second kappa shape index (κ2) is 3.93. The molecule has 2 heterocycles. The van der Waals surface area contributed by atoms with Crippen LogP contribution in [-0.4, -0.2) is 4.98 Å². The first-order valence-electron chi connectivity index (χ1n) is 5.47. The first-order chi connectivity index (χ1) is 7.09. The highest BCUT2D eigenvalue weighted by Crippen LogP contribution is 2.30. The van der Waals surface area contributed by atoms with Crippen molar-refractivity contribution in [3.05, 3.63) is 28.8 Å². The van der Waals surface area contributed by atoms with Crippen LogP contribution in [0.1, 0.15) is 50.8 Å². The summed E-state index contributed by atoms with van der Waals surface area (Å²) in [6.45, 7) is 8.91. The monoisotopic (exact) mass is 219 g/mol. The molecule has 0 aliphatic carbocycles. The molecule has 2 aromatic rings. The van der Waals surface area contributed by atoms with Crippen molar-refractivity contribution in [2.24, 2.45) is 0 Å². The molecule has 2 heteroatoms. The minimum Gasteiger partial charge on any atom is -0.251 e. The van der Waals surface area contributed by atoms with Gasteiger partial charge in [0, 0.05) is 5.69 Å². The molecule has 0 unspecified atom stereocenters. The molecule has 0 saturated carbocycles. The maximum Gasteiger partial charge on any atom is 0.0813 e. The van der Waals surface area contributed by atoms with Gasteiger partial charge in [-0.05, 0) is 34.9 Å². The first-order valence-corrected chi connectivity index (χ1v) is 6.35. The molecule has 80 valence electrons. The van der Waals surface area contributed by atoms with Crippen LogP contribution >= 0.6 is 11.3 Å². The van der Waals surface area contributed by atoms with Crippen LogP contribution in [0, 0.1) is 0 Å². The highest BCUT2D eigenvalue weighted by molar-refractivity contribution is 7.17. The van der Waals surface area contributed by atoms with E-state index in [-0.39, 0.29) is 0 Å². The molecule has 15 heavy (non-hydrogen) atoms. The number of thiophene rings is 1. The number of aromatic nitrogens is 1. The van der Waals surface area contributed by atoms with Crippen LogP contribution in [0.3, 0.4) is 0 Å². The Morgan fingerprint density at radius 3 is 2.47 bits per heavy atom. The molecule has 2 rings (SSSR count). The fourth-order valence-electron chi connectivity index (χ4n) is 1.85. The third-order valence-electron chi connectivity index (χ3n) is 2.67. The first kappa shape index (κ1) is 10.6. The lowest BCUT2D eigenvalue weighted by molar-refractivity contribution is 0.764. The van der Waals surface area contributed by atoms with Crippen LogP contribution < -0.4 is 0 Å². The average molecular weight is 219 g/mol. The molecule has 0 aliphatic heterocycles. The van der Waals surface area contributed by atoms with Gasteiger partial charge in [-0.15, -0.1) is 11.3 Å². The van der Waals surface area contributed by atoms with Gasteiger partial charge in [-0.2, -0.15) is 0 Å². The summed E-state index contributed by atoms with van der Waals surface area (Å²) < 4.78 is 1.31. The Labute approximate surface area is 95.2 Å². The summed E-state index contributed by atoms with van der Waals surface area (Å²) in [7, 11) is 0. The van der Waals surface area contributed by atoms with Crippen molar-refractivity contribution in [1.29, 1.82) is 0 Å². The molecule has 0 fully saturated rings. The lowest BCUT2D eigenvalue weighted by Gasteiger charge is -2.14. The van der Waals surface area contributed by atoms with Crippen molar-refractivity contribution in [2.45, 2.75) is 39.5 Å². The molecule has 2 aromatic heterocycles. The third-order valence-corrected chi connectivity index (χ3v) is 3.52. The van der Waals surface area contributed by atoms with E-state index in [9.17, 15) is 0 Å². The van der Waals surface area contributed by atoms with Gasteiger partial charge in [0.2, 0.25) is 0 Å². The smallest absolute Gasteiger partial charge is 0.0813 e. The lowest BCUT2D eigenvalue weighted by Crippen LogP contribution is -2.01. The molecule has 0 aliphatic rings. The molecular weight excluding hydrogens is 202 g/mol. The van der Waals surface area contributed by atoms with E-state index >= 15 is 0 Å². The van der Waals surface area contributed by atoms with E-state index in [0.717, 1.165) is 5.52 Å². The topological polar surface area (TPSA) is 12.9 Å². The van der Waals surface area contributed by atoms with Crippen molar-refractivity contribution >= 4 is 21.6 Å². The van der Waals surface area contributed by atoms with Crippen molar-refractivity contribution in [1.82, 2.24) is 4.98 Å². The van der Waals surface area contributed by atoms with Gasteiger partial charge in [0.05, 0.1) is 10.2 Å². The summed E-state index contributed by atoms with van der Waals surface area (Å²) in [5, 5.41) is 2.12. The van der Waals surface area contributed by atoms with Crippen LogP contribution in [0.2, 0.25) is 0 Å². The minimum atomic E-state index is 0.506. The summed E-state index contributed by atoms with van der Waals surface area (Å²) in [6.07, 6.45) is 0. The maximum absolute atomic E-state index is 4.77. The normalized spacial score (nSPS) is 11.9. The molecule has 0 atom stereocenters. The van der Waals surface area contributed by atoms with Crippen LogP contribution in [-0.2, 0) is 0 Å². The minimum absolute atomic E-state index is 0.506. The van der Waals surface area contributed by atoms with Gasteiger partial charge in [-0.1, -0.05) is 27.7 Å². The summed E-state index contributed by atoms with van der Waals surface area (Å²) in [4.78, 5) is 4.77. The van der Waals surface area contributed by atoms with Crippen LogP contribution in [0.25, 0.3) is 10.2 Å². The highest BCUT2D eigenvalue weighted by atomic mass is 32.1. The van der Waals surface area contributed by atoms with E-state index in [1.807, 2.05) is 0 Å². The van der Waals surface area contributed by atoms with E-state index in [0.29, 0.717) is 11.8 Å². The van der Waals surface area contributed by atoms with Crippen molar-refractivity contribution in [3.63, 3.8) is 0 Å². The fraction of sp³-hybridized carbons (Fsp3) is 0.462. The predicted molar refractivity (Wildman–Crippen MR) is 67.8 cm³/mol. The Morgan fingerprint density at radius 1 is 1.13 bits per heavy atom. The lowest BCUT2D eigenvalue weighted by atomic mass is 9.95. The second-order valence-electron chi connectivity index (χ2n) is 4.58. The van der Waals surface area contributed by atoms with E-state index in [1.165, 1.54) is 16.0 Å². The van der Waals surface area contributed by atoms with Crippen LogP contribution in [0.5, 0.6) is 0 Å². The molecule has 0 amide bonds. The number of hydrogen-bond acceptors (Lipinski definition) is 2. The van der Waals surface area contributed by atoms with Gasteiger partial charge in [0.15, 0.2) is 0 Å². The molecule has 0 bridgehead atoms. The quantitative estimate of drug-likeness (QED) is 0.722.